The van der Waals surface area contributed by atoms with Crippen LogP contribution in [0.1, 0.15) is 36.2 Å². The van der Waals surface area contributed by atoms with Gasteiger partial charge in [-0.05, 0) is 44.4 Å². The first-order chi connectivity index (χ1) is 13.5. The summed E-state index contributed by atoms with van der Waals surface area (Å²) in [5.74, 6) is -0.537. The maximum atomic E-state index is 13.1. The zero-order valence-corrected chi connectivity index (χ0v) is 17.7. The van der Waals surface area contributed by atoms with Gasteiger partial charge < -0.3 is 25.6 Å². The minimum absolute atomic E-state index is 0.112. The summed E-state index contributed by atoms with van der Waals surface area (Å²) in [5, 5.41) is 3.11. The normalized spacial score (nSPS) is 24.0. The van der Waals surface area contributed by atoms with Gasteiger partial charge in [-0.1, -0.05) is 6.07 Å². The first-order valence-corrected chi connectivity index (χ1v) is 9.77. The summed E-state index contributed by atoms with van der Waals surface area (Å²) >= 11 is 0. The van der Waals surface area contributed by atoms with Crippen molar-refractivity contribution in [3.8, 4) is 5.75 Å². The van der Waals surface area contributed by atoms with Crippen LogP contribution >= 0.6 is 0 Å². The van der Waals surface area contributed by atoms with E-state index >= 15 is 0 Å². The topological polar surface area (TPSA) is 105 Å². The van der Waals surface area contributed by atoms with Crippen LogP contribution in [0.4, 0.5) is 0 Å². The van der Waals surface area contributed by atoms with Crippen LogP contribution in [0.2, 0.25) is 0 Å². The predicted octanol–water partition coefficient (Wildman–Crippen LogP) is 0.394. The summed E-state index contributed by atoms with van der Waals surface area (Å²) in [4.78, 5) is 42.1. The Morgan fingerprint density at radius 3 is 2.62 bits per heavy atom. The number of nitrogens with one attached hydrogen (secondary N) is 1. The second kappa shape index (κ2) is 7.33. The third-order valence-electron chi connectivity index (χ3n) is 5.88. The Hall–Kier alpha value is -2.61. The average Bonchev–Trinajstić information content (AvgIpc) is 2.95. The fourth-order valence-corrected chi connectivity index (χ4v) is 4.30. The lowest BCUT2D eigenvalue weighted by Crippen LogP contribution is -2.58. The molecule has 2 aliphatic heterocycles. The molecular formula is C21H30N4O4. The first-order valence-electron chi connectivity index (χ1n) is 9.77. The molecule has 3 amide bonds. The molecule has 2 atom stereocenters. The van der Waals surface area contributed by atoms with Gasteiger partial charge in [-0.15, -0.1) is 0 Å². The third-order valence-corrected chi connectivity index (χ3v) is 5.88. The maximum Gasteiger partial charge on any atom is 0.252 e. The van der Waals surface area contributed by atoms with Crippen molar-refractivity contribution in [2.75, 3.05) is 34.3 Å². The van der Waals surface area contributed by atoms with Crippen LogP contribution in [0.5, 0.6) is 5.75 Å². The van der Waals surface area contributed by atoms with E-state index in [1.807, 2.05) is 12.1 Å². The van der Waals surface area contributed by atoms with Crippen LogP contribution in [0.15, 0.2) is 18.2 Å². The number of methoxy groups -OCH3 is 1. The zero-order valence-electron chi connectivity index (χ0n) is 17.7. The molecule has 3 rings (SSSR count). The molecule has 29 heavy (non-hydrogen) atoms. The minimum atomic E-state index is -1.05. The third kappa shape index (κ3) is 3.81. The molecule has 2 aliphatic rings. The lowest BCUT2D eigenvalue weighted by Gasteiger charge is -2.35. The average molecular weight is 402 g/mol. The number of rotatable bonds is 3. The van der Waals surface area contributed by atoms with E-state index in [1.54, 1.807) is 46.0 Å². The highest BCUT2D eigenvalue weighted by Gasteiger charge is 2.54. The van der Waals surface area contributed by atoms with Crippen molar-refractivity contribution in [3.05, 3.63) is 29.3 Å². The molecular weight excluding hydrogens is 372 g/mol. The van der Waals surface area contributed by atoms with Crippen molar-refractivity contribution >= 4 is 17.7 Å². The molecule has 0 bridgehead atoms. The lowest BCUT2D eigenvalue weighted by molar-refractivity contribution is -0.136. The van der Waals surface area contributed by atoms with E-state index in [4.69, 9.17) is 10.5 Å². The molecule has 0 aliphatic carbocycles. The van der Waals surface area contributed by atoms with Crippen LogP contribution in [-0.2, 0) is 16.0 Å². The standard InChI is InChI=1S/C21H30N4O4/c1-20(2,22)19(28)25-11-16(18(27)24(3)4)21(12-25)9-8-13-6-7-14(29-5)10-15(13)17(26)23-21/h6-7,10,16H,8-9,11-12,22H2,1-5H3,(H,23,26)/t16-,21+/m1/s1. The minimum Gasteiger partial charge on any atom is -0.497 e. The van der Waals surface area contributed by atoms with E-state index in [1.165, 1.54) is 4.90 Å². The van der Waals surface area contributed by atoms with Crippen molar-refractivity contribution < 1.29 is 19.1 Å². The van der Waals surface area contributed by atoms with Crippen molar-refractivity contribution in [2.24, 2.45) is 11.7 Å². The molecule has 0 aromatic heterocycles. The van der Waals surface area contributed by atoms with Gasteiger partial charge in [0.2, 0.25) is 11.8 Å². The molecule has 1 aromatic carbocycles. The number of fused-ring (bicyclic) bond motifs is 1. The number of carbonyl (C=O) groups is 3. The number of amides is 3. The van der Waals surface area contributed by atoms with Gasteiger partial charge in [0, 0.05) is 32.7 Å². The van der Waals surface area contributed by atoms with Crippen molar-refractivity contribution in [2.45, 2.75) is 37.8 Å². The Kier molecular flexibility index (Phi) is 5.34. The van der Waals surface area contributed by atoms with Crippen LogP contribution in [0, 0.1) is 5.92 Å². The fourth-order valence-electron chi connectivity index (χ4n) is 4.30. The van der Waals surface area contributed by atoms with Crippen molar-refractivity contribution in [1.29, 1.82) is 0 Å². The second-order valence-electron chi connectivity index (χ2n) is 8.83. The molecule has 0 saturated carbocycles. The molecule has 0 radical (unpaired) electrons. The SMILES string of the molecule is COc1ccc2c(c1)C(=O)N[C@@]1(CC2)CN(C(=O)C(C)(C)N)C[C@@H]1C(=O)N(C)C. The summed E-state index contributed by atoms with van der Waals surface area (Å²) in [7, 11) is 4.93. The highest BCUT2D eigenvalue weighted by molar-refractivity contribution is 5.98. The fraction of sp³-hybridized carbons (Fsp3) is 0.571. The molecule has 1 aromatic rings. The number of nitrogens with two attached hydrogens (primary N) is 1. The number of likely N-dealkylation sites (tertiary alicyclic amines) is 1. The summed E-state index contributed by atoms with van der Waals surface area (Å²) in [5.41, 5.74) is 5.58. The Morgan fingerprint density at radius 1 is 1.34 bits per heavy atom. The maximum absolute atomic E-state index is 13.1. The highest BCUT2D eigenvalue weighted by atomic mass is 16.5. The van der Waals surface area contributed by atoms with E-state index in [0.29, 0.717) is 24.2 Å². The van der Waals surface area contributed by atoms with E-state index in [-0.39, 0.29) is 30.8 Å². The number of ether oxygens (including phenoxy) is 1. The monoisotopic (exact) mass is 402 g/mol. The van der Waals surface area contributed by atoms with Gasteiger partial charge in [0.1, 0.15) is 5.75 Å². The van der Waals surface area contributed by atoms with E-state index < -0.39 is 17.0 Å². The van der Waals surface area contributed by atoms with Crippen LogP contribution < -0.4 is 15.8 Å². The molecule has 8 heteroatoms. The van der Waals surface area contributed by atoms with Gasteiger partial charge in [-0.2, -0.15) is 0 Å². The largest absolute Gasteiger partial charge is 0.497 e. The van der Waals surface area contributed by atoms with Gasteiger partial charge in [0.05, 0.1) is 24.1 Å². The molecule has 1 fully saturated rings. The first kappa shape index (κ1) is 21.1. The Morgan fingerprint density at radius 2 is 2.03 bits per heavy atom. The Balaban J connectivity index is 1.99. The molecule has 1 spiro atoms. The van der Waals surface area contributed by atoms with E-state index in [9.17, 15) is 14.4 Å². The Bertz CT molecular complexity index is 846. The van der Waals surface area contributed by atoms with Crippen LogP contribution in [0.3, 0.4) is 0 Å². The van der Waals surface area contributed by atoms with E-state index in [2.05, 4.69) is 5.32 Å². The van der Waals surface area contributed by atoms with Gasteiger partial charge in [-0.25, -0.2) is 0 Å². The molecule has 0 unspecified atom stereocenters. The number of aryl methyl sites for hydroxylation is 1. The molecule has 3 N–H and O–H groups in total. The number of hydrogen-bond acceptors (Lipinski definition) is 5. The van der Waals surface area contributed by atoms with E-state index in [0.717, 1.165) is 5.56 Å². The zero-order chi connectivity index (χ0) is 21.6. The lowest BCUT2D eigenvalue weighted by atomic mass is 9.81. The quantitative estimate of drug-likeness (QED) is 0.761. The molecule has 2 heterocycles. The molecule has 158 valence electrons. The van der Waals surface area contributed by atoms with Gasteiger partial charge in [0.25, 0.3) is 5.91 Å². The van der Waals surface area contributed by atoms with Crippen molar-refractivity contribution in [3.63, 3.8) is 0 Å². The summed E-state index contributed by atoms with van der Waals surface area (Å²) < 4.78 is 5.26. The highest BCUT2D eigenvalue weighted by Crippen LogP contribution is 2.37. The number of hydrogen-bond donors (Lipinski definition) is 2. The van der Waals surface area contributed by atoms with Crippen LogP contribution in [0.25, 0.3) is 0 Å². The summed E-state index contributed by atoms with van der Waals surface area (Å²) in [6.07, 6.45) is 1.17. The number of nitrogens with zero attached hydrogens (tertiary/aromatic N) is 2. The van der Waals surface area contributed by atoms with Gasteiger partial charge in [-0.3, -0.25) is 14.4 Å². The number of benzene rings is 1. The van der Waals surface area contributed by atoms with Crippen molar-refractivity contribution in [1.82, 2.24) is 15.1 Å². The van der Waals surface area contributed by atoms with Crippen LogP contribution in [-0.4, -0.2) is 72.9 Å². The smallest absolute Gasteiger partial charge is 0.252 e. The number of carbonyl (C=O) groups excluding carboxylic acids is 3. The van der Waals surface area contributed by atoms with Gasteiger partial charge in [0.15, 0.2) is 0 Å². The second-order valence-corrected chi connectivity index (χ2v) is 8.83. The summed E-state index contributed by atoms with van der Waals surface area (Å²) in [6, 6.07) is 5.43. The predicted molar refractivity (Wildman–Crippen MR) is 109 cm³/mol. The molecule has 8 nitrogen and oxygen atoms in total. The Labute approximate surface area is 171 Å². The van der Waals surface area contributed by atoms with Gasteiger partial charge >= 0.3 is 0 Å². The molecule has 1 saturated heterocycles. The summed E-state index contributed by atoms with van der Waals surface area (Å²) in [6.45, 7) is 3.79.